The molecule has 12 heteroatoms. The predicted molar refractivity (Wildman–Crippen MR) is 150 cm³/mol. The summed E-state index contributed by atoms with van der Waals surface area (Å²) in [5.41, 5.74) is 0.404. The largest absolute Gasteiger partial charge is 0.463 e. The Morgan fingerprint density at radius 3 is 2.48 bits per heavy atom. The summed E-state index contributed by atoms with van der Waals surface area (Å²) >= 11 is 0. The average Bonchev–Trinajstić information content (AvgIpc) is 3.56. The fraction of sp³-hybridized carbons (Fsp3) is 0.467. The molecule has 1 aliphatic rings. The SMILES string of the molecule is CCOC(=O)/C=C/C(CC1CCNC1=O)NC(=O)C(CC(=O)C(NC(=O)c1cc(C)on1)C(C)C)c1ccc(F)cc1. The zero-order valence-electron chi connectivity index (χ0n) is 24.1. The van der Waals surface area contributed by atoms with E-state index >= 15 is 0 Å². The molecule has 42 heavy (non-hydrogen) atoms. The standard InChI is InChI=1S/C30H37FN4O7/c1-5-41-26(37)11-10-22(15-20-12-13-32-28(20)38)33-29(39)23(19-6-8-21(31)9-7-19)16-25(36)27(17(2)3)34-30(40)24-14-18(4)42-35-24/h6-11,14,17,20,22-23,27H,5,12-13,15-16H2,1-4H3,(H,32,38)(H,33,39)(H,34,40)/b11-10+. The van der Waals surface area contributed by atoms with Gasteiger partial charge in [-0.05, 0) is 50.3 Å². The number of rotatable bonds is 14. The lowest BCUT2D eigenvalue weighted by atomic mass is 9.87. The molecule has 0 radical (unpaired) electrons. The minimum absolute atomic E-state index is 0.0194. The van der Waals surface area contributed by atoms with Gasteiger partial charge in [-0.3, -0.25) is 19.2 Å². The fourth-order valence-electron chi connectivity index (χ4n) is 4.72. The number of ketones is 1. The Hall–Kier alpha value is -4.35. The van der Waals surface area contributed by atoms with E-state index in [4.69, 9.17) is 9.26 Å². The summed E-state index contributed by atoms with van der Waals surface area (Å²) in [4.78, 5) is 64.2. The summed E-state index contributed by atoms with van der Waals surface area (Å²) in [5, 5.41) is 12.0. The van der Waals surface area contributed by atoms with E-state index in [9.17, 15) is 28.4 Å². The van der Waals surface area contributed by atoms with E-state index in [-0.39, 0.29) is 42.9 Å². The highest BCUT2D eigenvalue weighted by atomic mass is 19.1. The van der Waals surface area contributed by atoms with Gasteiger partial charge in [-0.15, -0.1) is 0 Å². The molecule has 0 spiro atoms. The number of aromatic nitrogens is 1. The van der Waals surface area contributed by atoms with Crippen LogP contribution in [0.25, 0.3) is 0 Å². The molecular weight excluding hydrogens is 547 g/mol. The van der Waals surface area contributed by atoms with Crippen LogP contribution in [0.15, 0.2) is 47.0 Å². The quantitative estimate of drug-likeness (QED) is 0.226. The number of aryl methyl sites for hydroxylation is 1. The van der Waals surface area contributed by atoms with Gasteiger partial charge in [0.05, 0.1) is 18.6 Å². The molecule has 1 fully saturated rings. The van der Waals surface area contributed by atoms with Crippen LogP contribution in [0, 0.1) is 24.6 Å². The number of amides is 3. The van der Waals surface area contributed by atoms with Gasteiger partial charge in [0.15, 0.2) is 11.5 Å². The van der Waals surface area contributed by atoms with Gasteiger partial charge in [0.2, 0.25) is 11.8 Å². The van der Waals surface area contributed by atoms with Gasteiger partial charge >= 0.3 is 5.97 Å². The van der Waals surface area contributed by atoms with Crippen LogP contribution in [0.5, 0.6) is 0 Å². The van der Waals surface area contributed by atoms with Gasteiger partial charge in [-0.1, -0.05) is 37.2 Å². The molecule has 2 aromatic rings. The molecule has 1 aromatic carbocycles. The predicted octanol–water partition coefficient (Wildman–Crippen LogP) is 2.75. The maximum absolute atomic E-state index is 13.7. The average molecular weight is 585 g/mol. The first-order chi connectivity index (χ1) is 20.0. The van der Waals surface area contributed by atoms with E-state index < -0.39 is 47.4 Å². The number of carbonyl (C=O) groups excluding carboxylic acids is 5. The zero-order valence-corrected chi connectivity index (χ0v) is 24.1. The molecule has 0 bridgehead atoms. The van der Waals surface area contributed by atoms with Gasteiger partial charge in [0.25, 0.3) is 5.91 Å². The van der Waals surface area contributed by atoms with Gasteiger partial charge in [-0.2, -0.15) is 0 Å². The van der Waals surface area contributed by atoms with Crippen molar-refractivity contribution in [2.24, 2.45) is 11.8 Å². The summed E-state index contributed by atoms with van der Waals surface area (Å²) in [7, 11) is 0. The second kappa shape index (κ2) is 15.0. The highest BCUT2D eigenvalue weighted by molar-refractivity contribution is 5.98. The number of hydrogen-bond acceptors (Lipinski definition) is 8. The molecule has 1 aliphatic heterocycles. The first-order valence-corrected chi connectivity index (χ1v) is 13.9. The Bertz CT molecular complexity index is 1300. The lowest BCUT2D eigenvalue weighted by molar-refractivity contribution is -0.137. The van der Waals surface area contributed by atoms with Gasteiger partial charge < -0.3 is 25.2 Å². The van der Waals surface area contributed by atoms with E-state index in [0.29, 0.717) is 24.3 Å². The second-order valence-corrected chi connectivity index (χ2v) is 10.5. The van der Waals surface area contributed by atoms with Crippen molar-refractivity contribution in [2.45, 2.75) is 65.0 Å². The molecule has 4 unspecified atom stereocenters. The van der Waals surface area contributed by atoms with Crippen LogP contribution in [-0.2, 0) is 23.9 Å². The summed E-state index contributed by atoms with van der Waals surface area (Å²) in [6, 6.07) is 4.98. The minimum atomic E-state index is -1.05. The molecule has 2 heterocycles. The number of nitrogens with one attached hydrogen (secondary N) is 3. The summed E-state index contributed by atoms with van der Waals surface area (Å²) in [6.07, 6.45) is 3.13. The molecule has 1 saturated heterocycles. The van der Waals surface area contributed by atoms with Crippen molar-refractivity contribution in [1.82, 2.24) is 21.1 Å². The molecule has 11 nitrogen and oxygen atoms in total. The van der Waals surface area contributed by atoms with Crippen molar-refractivity contribution >= 4 is 29.5 Å². The van der Waals surface area contributed by atoms with Crippen LogP contribution in [-0.4, -0.2) is 59.9 Å². The first kappa shape index (κ1) is 32.2. The minimum Gasteiger partial charge on any atom is -0.463 e. The number of esters is 1. The summed E-state index contributed by atoms with van der Waals surface area (Å²) < 4.78 is 23.6. The Labute approximate surface area is 243 Å². The number of carbonyl (C=O) groups is 5. The van der Waals surface area contributed by atoms with Crippen molar-refractivity contribution < 1.29 is 37.6 Å². The van der Waals surface area contributed by atoms with Crippen LogP contribution in [0.4, 0.5) is 4.39 Å². The zero-order chi connectivity index (χ0) is 30.8. The van der Waals surface area contributed by atoms with E-state index in [2.05, 4.69) is 21.1 Å². The second-order valence-electron chi connectivity index (χ2n) is 10.5. The van der Waals surface area contributed by atoms with E-state index in [1.807, 2.05) is 0 Å². The van der Waals surface area contributed by atoms with Crippen LogP contribution in [0.3, 0.4) is 0 Å². The monoisotopic (exact) mass is 584 g/mol. The molecule has 4 atom stereocenters. The van der Waals surface area contributed by atoms with E-state index in [0.717, 1.165) is 0 Å². The Kier molecular flexibility index (Phi) is 11.5. The summed E-state index contributed by atoms with van der Waals surface area (Å²) in [6.45, 7) is 7.49. The van der Waals surface area contributed by atoms with Gasteiger partial charge in [0.1, 0.15) is 11.6 Å². The molecule has 0 aliphatic carbocycles. The number of ether oxygens (including phenoxy) is 1. The maximum Gasteiger partial charge on any atom is 0.330 e. The van der Waals surface area contributed by atoms with Gasteiger partial charge in [0, 0.05) is 37.1 Å². The number of hydrogen-bond donors (Lipinski definition) is 3. The van der Waals surface area contributed by atoms with E-state index in [1.165, 1.54) is 42.5 Å². The molecule has 0 saturated carbocycles. The Morgan fingerprint density at radius 1 is 1.19 bits per heavy atom. The highest BCUT2D eigenvalue weighted by Crippen LogP contribution is 2.25. The van der Waals surface area contributed by atoms with Crippen LogP contribution in [0.2, 0.25) is 0 Å². The van der Waals surface area contributed by atoms with Crippen LogP contribution >= 0.6 is 0 Å². The van der Waals surface area contributed by atoms with Crippen molar-refractivity contribution in [3.8, 4) is 0 Å². The smallest absolute Gasteiger partial charge is 0.330 e. The summed E-state index contributed by atoms with van der Waals surface area (Å²) in [5.74, 6) is -4.17. The lowest BCUT2D eigenvalue weighted by Gasteiger charge is -2.25. The lowest BCUT2D eigenvalue weighted by Crippen LogP contribution is -2.46. The van der Waals surface area contributed by atoms with Crippen LogP contribution < -0.4 is 16.0 Å². The topological polar surface area (TPSA) is 157 Å². The van der Waals surface area contributed by atoms with Gasteiger partial charge in [-0.25, -0.2) is 9.18 Å². The number of Topliss-reactive ketones (excluding diaryl/α,β-unsaturated/α-hetero) is 1. The molecular formula is C30H37FN4O7. The number of nitrogens with zero attached hydrogens (tertiary/aromatic N) is 1. The third-order valence-electron chi connectivity index (χ3n) is 6.94. The molecule has 3 N–H and O–H groups in total. The highest BCUT2D eigenvalue weighted by Gasteiger charge is 2.33. The van der Waals surface area contributed by atoms with Crippen LogP contribution in [0.1, 0.15) is 67.8 Å². The number of halogens is 1. The molecule has 1 aromatic heterocycles. The fourth-order valence-corrected chi connectivity index (χ4v) is 4.72. The number of benzene rings is 1. The third-order valence-corrected chi connectivity index (χ3v) is 6.94. The first-order valence-electron chi connectivity index (χ1n) is 13.9. The van der Waals surface area contributed by atoms with E-state index in [1.54, 1.807) is 27.7 Å². The molecule has 3 rings (SSSR count). The maximum atomic E-state index is 13.7. The van der Waals surface area contributed by atoms with Crippen molar-refractivity contribution in [1.29, 1.82) is 0 Å². The molecule has 3 amide bonds. The van der Waals surface area contributed by atoms with Crippen molar-refractivity contribution in [2.75, 3.05) is 13.2 Å². The Balaban J connectivity index is 1.84. The molecule has 226 valence electrons. The third kappa shape index (κ3) is 9.08. The van der Waals surface area contributed by atoms with Crippen molar-refractivity contribution in [3.63, 3.8) is 0 Å². The Morgan fingerprint density at radius 2 is 1.90 bits per heavy atom. The normalized spacial score (nSPS) is 17.0. The van der Waals surface area contributed by atoms with Crippen molar-refractivity contribution in [3.05, 3.63) is 65.3 Å².